The van der Waals surface area contributed by atoms with Crippen molar-refractivity contribution >= 4 is 5.91 Å². The van der Waals surface area contributed by atoms with Gasteiger partial charge in [0.25, 0.3) is 0 Å². The molecular formula is C24H29FN2O3. The fourth-order valence-electron chi connectivity index (χ4n) is 4.57. The number of nitrogens with zero attached hydrogens (tertiary/aromatic N) is 1. The number of aliphatic hydroxyl groups is 1. The molecule has 2 aliphatic rings. The van der Waals surface area contributed by atoms with Gasteiger partial charge in [-0.1, -0.05) is 18.2 Å². The molecule has 0 bridgehead atoms. The quantitative estimate of drug-likeness (QED) is 0.787. The van der Waals surface area contributed by atoms with E-state index in [0.717, 1.165) is 24.0 Å². The van der Waals surface area contributed by atoms with Crippen LogP contribution in [0.1, 0.15) is 44.1 Å². The van der Waals surface area contributed by atoms with Gasteiger partial charge in [0.1, 0.15) is 5.82 Å². The minimum Gasteiger partial charge on any atom is -0.393 e. The predicted molar refractivity (Wildman–Crippen MR) is 112 cm³/mol. The molecule has 2 N–H and O–H groups in total. The lowest BCUT2D eigenvalue weighted by atomic mass is 9.73. The number of nitrogens with one attached hydrogen (secondary N) is 1. The van der Waals surface area contributed by atoms with Crippen LogP contribution in [0.4, 0.5) is 4.39 Å². The number of ether oxygens (including phenoxy) is 1. The Morgan fingerprint density at radius 1 is 1.17 bits per heavy atom. The highest BCUT2D eigenvalue weighted by Gasteiger charge is 2.41. The van der Waals surface area contributed by atoms with Crippen molar-refractivity contribution in [1.29, 1.82) is 0 Å². The van der Waals surface area contributed by atoms with Crippen LogP contribution in [0.15, 0.2) is 42.7 Å². The van der Waals surface area contributed by atoms with E-state index >= 15 is 4.39 Å². The van der Waals surface area contributed by atoms with Gasteiger partial charge in [0, 0.05) is 37.2 Å². The molecule has 2 fully saturated rings. The Kier molecular flexibility index (Phi) is 6.44. The molecule has 0 radical (unpaired) electrons. The van der Waals surface area contributed by atoms with Crippen LogP contribution < -0.4 is 5.32 Å². The molecule has 1 aliphatic carbocycles. The molecule has 2 aromatic rings. The van der Waals surface area contributed by atoms with E-state index in [1.165, 1.54) is 6.07 Å². The van der Waals surface area contributed by atoms with Crippen molar-refractivity contribution in [2.24, 2.45) is 5.41 Å². The van der Waals surface area contributed by atoms with Crippen molar-refractivity contribution in [2.45, 2.75) is 57.1 Å². The van der Waals surface area contributed by atoms with E-state index in [4.69, 9.17) is 4.74 Å². The van der Waals surface area contributed by atoms with E-state index < -0.39 is 5.41 Å². The van der Waals surface area contributed by atoms with Crippen LogP contribution in [0.25, 0.3) is 11.1 Å². The third kappa shape index (κ3) is 4.71. The van der Waals surface area contributed by atoms with Crippen molar-refractivity contribution < 1.29 is 19.0 Å². The van der Waals surface area contributed by atoms with Gasteiger partial charge in [-0.25, -0.2) is 4.39 Å². The maximum atomic E-state index is 15.0. The van der Waals surface area contributed by atoms with E-state index in [1.807, 2.05) is 18.2 Å². The molecule has 5 nitrogen and oxygen atoms in total. The topological polar surface area (TPSA) is 71.5 Å². The van der Waals surface area contributed by atoms with E-state index in [-0.39, 0.29) is 23.9 Å². The fourth-order valence-corrected chi connectivity index (χ4v) is 4.57. The summed E-state index contributed by atoms with van der Waals surface area (Å²) in [6, 6.07) is 9.02. The van der Waals surface area contributed by atoms with Crippen molar-refractivity contribution in [3.8, 4) is 11.1 Å². The summed E-state index contributed by atoms with van der Waals surface area (Å²) >= 11 is 0. The maximum absolute atomic E-state index is 15.0. The smallest absolute Gasteiger partial charge is 0.226 e. The number of pyridine rings is 1. The Morgan fingerprint density at radius 2 is 1.93 bits per heavy atom. The number of carbonyl (C=O) groups is 1. The summed E-state index contributed by atoms with van der Waals surface area (Å²) in [7, 11) is 0. The summed E-state index contributed by atoms with van der Waals surface area (Å²) in [5, 5.41) is 12.9. The summed E-state index contributed by atoms with van der Waals surface area (Å²) in [6.07, 6.45) is 7.66. The Morgan fingerprint density at radius 3 is 2.60 bits per heavy atom. The monoisotopic (exact) mass is 412 g/mol. The Hall–Kier alpha value is -2.31. The molecule has 2 heterocycles. The highest BCUT2D eigenvalue weighted by molar-refractivity contribution is 5.83. The Balaban J connectivity index is 1.52. The lowest BCUT2D eigenvalue weighted by Crippen LogP contribution is -2.50. The highest BCUT2D eigenvalue weighted by atomic mass is 19.1. The van der Waals surface area contributed by atoms with Gasteiger partial charge in [0.2, 0.25) is 5.91 Å². The van der Waals surface area contributed by atoms with Crippen molar-refractivity contribution in [2.75, 3.05) is 13.2 Å². The van der Waals surface area contributed by atoms with Crippen LogP contribution in [0, 0.1) is 11.2 Å². The maximum Gasteiger partial charge on any atom is 0.226 e. The van der Waals surface area contributed by atoms with Crippen LogP contribution in [-0.4, -0.2) is 41.4 Å². The Labute approximate surface area is 176 Å². The van der Waals surface area contributed by atoms with Gasteiger partial charge in [-0.15, -0.1) is 0 Å². The van der Waals surface area contributed by atoms with E-state index in [1.54, 1.807) is 18.5 Å². The predicted octanol–water partition coefficient (Wildman–Crippen LogP) is 3.65. The molecule has 1 aromatic carbocycles. The third-order valence-electron chi connectivity index (χ3n) is 6.54. The van der Waals surface area contributed by atoms with E-state index in [0.29, 0.717) is 50.9 Å². The standard InChI is InChI=1S/C24H29FN2O3/c25-22-14-17(19-2-1-11-26-16-19)3-4-18(22)15-24(9-12-30-13-10-24)23(29)27-20-5-7-21(28)8-6-20/h1-4,11,14,16,20-21,28H,5-10,12-13,15H2,(H,27,29). The number of benzene rings is 1. The molecular weight excluding hydrogens is 383 g/mol. The summed E-state index contributed by atoms with van der Waals surface area (Å²) < 4.78 is 20.5. The zero-order valence-electron chi connectivity index (χ0n) is 17.1. The second-order valence-electron chi connectivity index (χ2n) is 8.60. The lowest BCUT2D eigenvalue weighted by molar-refractivity contribution is -0.137. The van der Waals surface area contributed by atoms with E-state index in [2.05, 4.69) is 10.3 Å². The molecule has 1 aromatic heterocycles. The average molecular weight is 413 g/mol. The molecule has 1 amide bonds. The molecule has 0 spiro atoms. The zero-order chi connectivity index (χ0) is 21.0. The number of hydrogen-bond acceptors (Lipinski definition) is 4. The van der Waals surface area contributed by atoms with Crippen LogP contribution in [-0.2, 0) is 16.0 Å². The van der Waals surface area contributed by atoms with Gasteiger partial charge in [-0.2, -0.15) is 0 Å². The third-order valence-corrected chi connectivity index (χ3v) is 6.54. The molecule has 1 saturated carbocycles. The highest BCUT2D eigenvalue weighted by Crippen LogP contribution is 2.37. The van der Waals surface area contributed by atoms with E-state index in [9.17, 15) is 9.90 Å². The summed E-state index contributed by atoms with van der Waals surface area (Å²) in [6.45, 7) is 1.01. The zero-order valence-corrected chi connectivity index (χ0v) is 17.1. The van der Waals surface area contributed by atoms with Crippen LogP contribution in [0.2, 0.25) is 0 Å². The number of halogens is 1. The number of rotatable bonds is 5. The minimum atomic E-state index is -0.662. The van der Waals surface area contributed by atoms with Gasteiger partial charge < -0.3 is 15.2 Å². The van der Waals surface area contributed by atoms with Crippen molar-refractivity contribution in [3.05, 3.63) is 54.1 Å². The molecule has 160 valence electrons. The first-order valence-electron chi connectivity index (χ1n) is 10.8. The van der Waals surface area contributed by atoms with Gasteiger partial charge in [-0.05, 0) is 68.2 Å². The summed E-state index contributed by atoms with van der Waals surface area (Å²) in [5.74, 6) is -0.307. The molecule has 1 saturated heterocycles. The lowest BCUT2D eigenvalue weighted by Gasteiger charge is -2.38. The molecule has 0 unspecified atom stereocenters. The molecule has 0 atom stereocenters. The number of hydrogen-bond donors (Lipinski definition) is 2. The number of aromatic nitrogens is 1. The first-order chi connectivity index (χ1) is 14.6. The van der Waals surface area contributed by atoms with Crippen LogP contribution in [0.3, 0.4) is 0 Å². The van der Waals surface area contributed by atoms with Gasteiger partial charge >= 0.3 is 0 Å². The fraction of sp³-hybridized carbons (Fsp3) is 0.500. The average Bonchev–Trinajstić information content (AvgIpc) is 2.78. The van der Waals surface area contributed by atoms with Crippen molar-refractivity contribution in [1.82, 2.24) is 10.3 Å². The van der Waals surface area contributed by atoms with Gasteiger partial charge in [0.05, 0.1) is 11.5 Å². The molecule has 30 heavy (non-hydrogen) atoms. The summed E-state index contributed by atoms with van der Waals surface area (Å²) in [4.78, 5) is 17.4. The molecule has 4 rings (SSSR count). The SMILES string of the molecule is O=C(NC1CCC(O)CC1)C1(Cc2ccc(-c3cccnc3)cc2F)CCOCC1. The summed E-state index contributed by atoms with van der Waals surface area (Å²) in [5.41, 5.74) is 1.53. The van der Waals surface area contributed by atoms with Crippen LogP contribution in [0.5, 0.6) is 0 Å². The molecule has 6 heteroatoms. The number of aliphatic hydroxyl groups excluding tert-OH is 1. The van der Waals surface area contributed by atoms with Gasteiger partial charge in [0.15, 0.2) is 0 Å². The normalized spacial score (nSPS) is 23.7. The minimum absolute atomic E-state index is 0.0112. The number of amides is 1. The second kappa shape index (κ2) is 9.23. The Bertz CT molecular complexity index is 860. The second-order valence-corrected chi connectivity index (χ2v) is 8.60. The number of carbonyl (C=O) groups excluding carboxylic acids is 1. The first-order valence-corrected chi connectivity index (χ1v) is 10.8. The van der Waals surface area contributed by atoms with Crippen molar-refractivity contribution in [3.63, 3.8) is 0 Å². The molecule has 1 aliphatic heterocycles. The largest absolute Gasteiger partial charge is 0.393 e. The van der Waals surface area contributed by atoms with Crippen LogP contribution >= 0.6 is 0 Å². The first kappa shape index (κ1) is 20.9. The van der Waals surface area contributed by atoms with Gasteiger partial charge in [-0.3, -0.25) is 9.78 Å².